The van der Waals surface area contributed by atoms with E-state index >= 15 is 0 Å². The molecule has 6 rings (SSSR count). The molecule has 0 N–H and O–H groups in total. The van der Waals surface area contributed by atoms with E-state index in [2.05, 4.69) is 0 Å². The molecule has 1 aliphatic heterocycles. The van der Waals surface area contributed by atoms with E-state index in [-0.39, 0.29) is 48.4 Å². The number of thioether (sulfide) groups is 1. The van der Waals surface area contributed by atoms with Gasteiger partial charge in [-0.05, 0) is 59.9 Å². The molecule has 1 fully saturated rings. The molecule has 1 aliphatic rings. The summed E-state index contributed by atoms with van der Waals surface area (Å²) in [4.78, 5) is 31.2. The van der Waals surface area contributed by atoms with Crippen molar-refractivity contribution < 1.29 is 34.2 Å². The van der Waals surface area contributed by atoms with Crippen LogP contribution in [-0.4, -0.2) is 59.6 Å². The molecule has 0 unspecified atom stereocenters. The van der Waals surface area contributed by atoms with Gasteiger partial charge in [-0.1, -0.05) is 60.7 Å². The average Bonchev–Trinajstić information content (AvgIpc) is 3.15. The highest BCUT2D eigenvalue weighted by Crippen LogP contribution is 2.32. The van der Waals surface area contributed by atoms with Crippen molar-refractivity contribution in [3.8, 4) is 11.1 Å². The first-order valence-electron chi connectivity index (χ1n) is 17.7. The molecular weight excluding hydrogens is 698 g/mol. The van der Waals surface area contributed by atoms with Crippen LogP contribution in [0, 0.1) is 11.6 Å². The molecule has 12 heteroatoms. The van der Waals surface area contributed by atoms with Crippen LogP contribution in [-0.2, 0) is 34.6 Å². The molecule has 6 nitrogen and oxygen atoms in total. The standard InChI is InChI=1S/C40H38F5N3O3S/c1-51-22-21-46-19-17-32(18-20-46)47(24-27-9-11-28(12-10-27)29-13-15-31(16-14-29)40(43,44)45)37(50)25-48-35-8-3-2-6-33(35)36(49)23-38(48)52-26-30-5-4-7-34(41)39(30)42/h2-16,23,32H,17-22,24-26H2,1H3/i21D2. The molecule has 1 aromatic heterocycles. The van der Waals surface area contributed by atoms with Gasteiger partial charge in [0.15, 0.2) is 17.1 Å². The molecule has 0 bridgehead atoms. The largest absolute Gasteiger partial charge is 0.416 e. The van der Waals surface area contributed by atoms with Gasteiger partial charge in [-0.25, -0.2) is 8.78 Å². The van der Waals surface area contributed by atoms with Crippen molar-refractivity contribution >= 4 is 28.6 Å². The normalized spacial score (nSPS) is 15.0. The molecule has 0 spiro atoms. The van der Waals surface area contributed by atoms with E-state index in [4.69, 9.17) is 7.48 Å². The van der Waals surface area contributed by atoms with E-state index in [0.29, 0.717) is 53.0 Å². The summed E-state index contributed by atoms with van der Waals surface area (Å²) in [5.74, 6) is -2.23. The summed E-state index contributed by atoms with van der Waals surface area (Å²) in [6.45, 7) is -1.03. The molecule has 5 aromatic rings. The Labute approximate surface area is 305 Å². The Morgan fingerprint density at radius 1 is 0.942 bits per heavy atom. The van der Waals surface area contributed by atoms with Crippen LogP contribution in [0.4, 0.5) is 22.0 Å². The first kappa shape index (κ1) is 34.6. The highest BCUT2D eigenvalue weighted by Gasteiger charge is 2.31. The number of methoxy groups -OCH3 is 1. The molecule has 52 heavy (non-hydrogen) atoms. The summed E-state index contributed by atoms with van der Waals surface area (Å²) in [5, 5.41) is 0.796. The number of rotatable bonds is 12. The minimum Gasteiger partial charge on any atom is -0.383 e. The molecular formula is C40H38F5N3O3S. The summed E-state index contributed by atoms with van der Waals surface area (Å²) in [6.07, 6.45) is -3.49. The summed E-state index contributed by atoms with van der Waals surface area (Å²) in [5.41, 5.74) is 1.68. The Hall–Kier alpha value is -4.52. The Morgan fingerprint density at radius 3 is 2.29 bits per heavy atom. The van der Waals surface area contributed by atoms with E-state index in [1.54, 1.807) is 50.8 Å². The number of ether oxygens (including phenoxy) is 1. The number of amides is 1. The van der Waals surface area contributed by atoms with Crippen LogP contribution < -0.4 is 5.43 Å². The summed E-state index contributed by atoms with van der Waals surface area (Å²) in [6, 6.07) is 24.0. The van der Waals surface area contributed by atoms with Gasteiger partial charge in [-0.3, -0.25) is 9.59 Å². The third-order valence-corrected chi connectivity index (χ3v) is 10.3. The van der Waals surface area contributed by atoms with Gasteiger partial charge in [-0.15, -0.1) is 11.8 Å². The van der Waals surface area contributed by atoms with Crippen molar-refractivity contribution in [1.82, 2.24) is 14.4 Å². The van der Waals surface area contributed by atoms with Crippen molar-refractivity contribution in [2.45, 2.75) is 48.9 Å². The second-order valence-corrected chi connectivity index (χ2v) is 13.6. The highest BCUT2D eigenvalue weighted by molar-refractivity contribution is 7.98. The van der Waals surface area contributed by atoms with Gasteiger partial charge in [0.05, 0.1) is 22.7 Å². The summed E-state index contributed by atoms with van der Waals surface area (Å²) >= 11 is 1.12. The fourth-order valence-electron chi connectivity index (χ4n) is 6.39. The fraction of sp³-hybridized carbons (Fsp3) is 0.300. The Balaban J connectivity index is 1.30. The second kappa shape index (κ2) is 16.4. The number of pyridine rings is 1. The van der Waals surface area contributed by atoms with Gasteiger partial charge >= 0.3 is 6.18 Å². The van der Waals surface area contributed by atoms with E-state index < -0.39 is 29.9 Å². The van der Waals surface area contributed by atoms with Crippen molar-refractivity contribution in [2.24, 2.45) is 0 Å². The number of fused-ring (bicyclic) bond motifs is 1. The quantitative estimate of drug-likeness (QED) is 0.0952. The number of halogens is 5. The van der Waals surface area contributed by atoms with Crippen molar-refractivity contribution in [3.05, 3.63) is 136 Å². The predicted octanol–water partition coefficient (Wildman–Crippen LogP) is 8.40. The van der Waals surface area contributed by atoms with Crippen LogP contribution in [0.3, 0.4) is 0 Å². The topological polar surface area (TPSA) is 54.8 Å². The molecule has 0 aliphatic carbocycles. The van der Waals surface area contributed by atoms with Crippen LogP contribution in [0.15, 0.2) is 107 Å². The number of para-hydroxylation sites is 1. The van der Waals surface area contributed by atoms with Crippen LogP contribution in [0.2, 0.25) is 0 Å². The fourth-order valence-corrected chi connectivity index (χ4v) is 7.42. The maximum Gasteiger partial charge on any atom is 0.416 e. The first-order valence-corrected chi connectivity index (χ1v) is 17.7. The zero-order chi connectivity index (χ0) is 38.6. The number of likely N-dealkylation sites (tertiary alicyclic amines) is 1. The molecule has 0 radical (unpaired) electrons. The Morgan fingerprint density at radius 2 is 1.62 bits per heavy atom. The first-order chi connectivity index (χ1) is 25.7. The maximum atomic E-state index is 14.6. The van der Waals surface area contributed by atoms with Crippen molar-refractivity contribution in [2.75, 3.05) is 33.3 Å². The summed E-state index contributed by atoms with van der Waals surface area (Å²) in [7, 11) is 1.44. The molecule has 0 saturated carbocycles. The lowest BCUT2D eigenvalue weighted by Crippen LogP contribution is -2.48. The van der Waals surface area contributed by atoms with E-state index in [1.165, 1.54) is 37.4 Å². The van der Waals surface area contributed by atoms with Crippen LogP contribution in [0.5, 0.6) is 0 Å². The van der Waals surface area contributed by atoms with Gasteiger partial charge in [-0.2, -0.15) is 13.2 Å². The predicted molar refractivity (Wildman–Crippen MR) is 193 cm³/mol. The van der Waals surface area contributed by atoms with Crippen molar-refractivity contribution in [3.63, 3.8) is 0 Å². The third kappa shape index (κ3) is 8.74. The molecule has 1 saturated heterocycles. The Kier molecular flexibility index (Phi) is 10.9. The number of carbonyl (C=O) groups excluding carboxylic acids is 1. The molecule has 4 aromatic carbocycles. The lowest BCUT2D eigenvalue weighted by molar-refractivity contribution is -0.137. The number of benzene rings is 4. The summed E-state index contributed by atoms with van der Waals surface area (Å²) < 4.78 is 91.7. The molecule has 0 atom stereocenters. The van der Waals surface area contributed by atoms with E-state index in [0.717, 1.165) is 35.5 Å². The monoisotopic (exact) mass is 737 g/mol. The van der Waals surface area contributed by atoms with Gasteiger partial charge in [0.1, 0.15) is 6.54 Å². The number of alkyl halides is 3. The highest BCUT2D eigenvalue weighted by atomic mass is 32.2. The minimum absolute atomic E-state index is 0.00644. The lowest BCUT2D eigenvalue weighted by atomic mass is 10.00. The molecule has 272 valence electrons. The number of nitrogens with zero attached hydrogens (tertiary/aromatic N) is 3. The SMILES string of the molecule is [2H]C([2H])(COC)N1CCC(N(Cc2ccc(-c3ccc(C(F)(F)F)cc3)cc2)C(=O)Cn2c(SCc3cccc(F)c3F)cc(=O)c3ccccc32)CC1. The van der Waals surface area contributed by atoms with E-state index in [9.17, 15) is 31.5 Å². The van der Waals surface area contributed by atoms with Gasteiger partial charge in [0.25, 0.3) is 0 Å². The number of carbonyl (C=O) groups is 1. The van der Waals surface area contributed by atoms with E-state index in [1.807, 2.05) is 12.1 Å². The second-order valence-electron chi connectivity index (χ2n) is 12.6. The minimum atomic E-state index is -4.44. The molecule has 2 heterocycles. The van der Waals surface area contributed by atoms with Crippen molar-refractivity contribution in [1.29, 1.82) is 0 Å². The van der Waals surface area contributed by atoms with Gasteiger partial charge in [0, 0.05) is 64.8 Å². The van der Waals surface area contributed by atoms with Crippen LogP contribution in [0.25, 0.3) is 22.0 Å². The van der Waals surface area contributed by atoms with Crippen LogP contribution >= 0.6 is 11.8 Å². The number of aromatic nitrogens is 1. The van der Waals surface area contributed by atoms with Gasteiger partial charge < -0.3 is 19.1 Å². The number of piperidine rings is 1. The van der Waals surface area contributed by atoms with Gasteiger partial charge in [0.2, 0.25) is 5.91 Å². The molecule has 1 amide bonds. The zero-order valence-electron chi connectivity index (χ0n) is 30.3. The van der Waals surface area contributed by atoms with Crippen LogP contribution in [0.1, 0.15) is 32.3 Å². The zero-order valence-corrected chi connectivity index (χ0v) is 29.2. The maximum absolute atomic E-state index is 14.6. The third-order valence-electron chi connectivity index (χ3n) is 9.19. The number of hydrogen-bond acceptors (Lipinski definition) is 5. The Bertz CT molecular complexity index is 2160. The lowest BCUT2D eigenvalue weighted by Gasteiger charge is -2.39. The average molecular weight is 738 g/mol. The smallest absolute Gasteiger partial charge is 0.383 e. The number of hydrogen-bond donors (Lipinski definition) is 0.